The van der Waals surface area contributed by atoms with Gasteiger partial charge in [-0.05, 0) is 18.1 Å². The highest BCUT2D eigenvalue weighted by atomic mass is 16.6. The van der Waals surface area contributed by atoms with Gasteiger partial charge in [-0.25, -0.2) is 4.79 Å². The van der Waals surface area contributed by atoms with Crippen LogP contribution in [0.5, 0.6) is 0 Å². The maximum Gasteiger partial charge on any atom is 0.353 e. The Hall–Kier alpha value is -2.41. The van der Waals surface area contributed by atoms with Crippen molar-refractivity contribution in [1.82, 2.24) is 0 Å². The Morgan fingerprint density at radius 2 is 2.24 bits per heavy atom. The summed E-state index contributed by atoms with van der Waals surface area (Å²) in [6, 6.07) is 7.35. The minimum atomic E-state index is -1.18. The van der Waals surface area contributed by atoms with Gasteiger partial charge >= 0.3 is 5.97 Å². The van der Waals surface area contributed by atoms with Crippen LogP contribution in [0, 0.1) is 0 Å². The van der Waals surface area contributed by atoms with Crippen LogP contribution in [-0.2, 0) is 25.6 Å². The summed E-state index contributed by atoms with van der Waals surface area (Å²) >= 11 is 0. The third kappa shape index (κ3) is 3.79. The van der Waals surface area contributed by atoms with Crippen molar-refractivity contribution in [1.29, 1.82) is 0 Å². The van der Waals surface area contributed by atoms with Crippen LogP contribution in [0.25, 0.3) is 0 Å². The summed E-state index contributed by atoms with van der Waals surface area (Å²) in [7, 11) is 1.61. The number of hydrogen-bond acceptors (Lipinski definition) is 5. The Kier molecular flexibility index (Phi) is 4.89. The first-order valence-corrected chi connectivity index (χ1v) is 6.45. The molecule has 1 unspecified atom stereocenters. The fraction of sp³-hybridized carbons (Fsp3) is 0.357. The number of oxime groups is 1. The first kappa shape index (κ1) is 15.0. The molecule has 1 aromatic carbocycles. The van der Waals surface area contributed by atoms with E-state index in [1.807, 2.05) is 12.1 Å². The number of amides is 1. The molecule has 112 valence electrons. The van der Waals surface area contributed by atoms with E-state index < -0.39 is 18.0 Å². The van der Waals surface area contributed by atoms with E-state index in [1.54, 1.807) is 19.2 Å². The van der Waals surface area contributed by atoms with Gasteiger partial charge in [-0.15, -0.1) is 0 Å². The highest BCUT2D eigenvalue weighted by Gasteiger charge is 2.31. The Morgan fingerprint density at radius 1 is 1.48 bits per heavy atom. The molecule has 0 fully saturated rings. The van der Waals surface area contributed by atoms with Crippen LogP contribution in [0.4, 0.5) is 5.69 Å². The minimum absolute atomic E-state index is 0.0403. The molecule has 2 N–H and O–H groups in total. The van der Waals surface area contributed by atoms with Crippen LogP contribution in [0.2, 0.25) is 0 Å². The highest BCUT2D eigenvalue weighted by Crippen LogP contribution is 2.18. The molecule has 0 spiro atoms. The topological polar surface area (TPSA) is 97.2 Å². The standard InChI is InChI=1S/C14H16N2O5/c1-20-7-6-9-4-2-3-5-10(9)15-13(17)12-8-11(14(18)19)16-21-12/h2-5,12H,6-8H2,1H3,(H,15,17)(H,18,19). The molecule has 0 saturated heterocycles. The molecule has 2 rings (SSSR count). The fourth-order valence-electron chi connectivity index (χ4n) is 1.93. The number of aliphatic carboxylic acids is 1. The molecule has 0 aliphatic carbocycles. The highest BCUT2D eigenvalue weighted by molar-refractivity contribution is 6.36. The smallest absolute Gasteiger partial charge is 0.353 e. The zero-order valence-corrected chi connectivity index (χ0v) is 11.5. The SMILES string of the molecule is COCCc1ccccc1NC(=O)C1CC(C(=O)O)=NO1. The quantitative estimate of drug-likeness (QED) is 0.816. The van der Waals surface area contributed by atoms with Crippen molar-refractivity contribution in [2.45, 2.75) is 18.9 Å². The number of ether oxygens (including phenoxy) is 1. The largest absolute Gasteiger partial charge is 0.477 e. The Morgan fingerprint density at radius 3 is 2.90 bits per heavy atom. The van der Waals surface area contributed by atoms with E-state index in [1.165, 1.54) is 0 Å². The van der Waals surface area contributed by atoms with Crippen molar-refractivity contribution in [3.63, 3.8) is 0 Å². The number of carboxylic acid groups (broad SMARTS) is 1. The number of anilines is 1. The molecule has 0 saturated carbocycles. The fourth-order valence-corrected chi connectivity index (χ4v) is 1.93. The number of benzene rings is 1. The number of rotatable bonds is 6. The number of carboxylic acids is 1. The Balaban J connectivity index is 1.99. The van der Waals surface area contributed by atoms with Gasteiger partial charge in [-0.3, -0.25) is 4.79 Å². The van der Waals surface area contributed by atoms with Crippen molar-refractivity contribution < 1.29 is 24.3 Å². The first-order valence-electron chi connectivity index (χ1n) is 6.45. The van der Waals surface area contributed by atoms with Crippen LogP contribution in [0.3, 0.4) is 0 Å². The molecule has 1 atom stereocenters. The Bertz CT molecular complexity index is 570. The monoisotopic (exact) mass is 292 g/mol. The molecule has 1 aliphatic heterocycles. The summed E-state index contributed by atoms with van der Waals surface area (Å²) in [5.74, 6) is -1.59. The van der Waals surface area contributed by atoms with Crippen LogP contribution in [-0.4, -0.2) is 42.5 Å². The summed E-state index contributed by atoms with van der Waals surface area (Å²) in [6.45, 7) is 0.541. The van der Waals surface area contributed by atoms with Gasteiger partial charge in [0.25, 0.3) is 5.91 Å². The van der Waals surface area contributed by atoms with Crippen molar-refractivity contribution in [2.75, 3.05) is 19.0 Å². The lowest BCUT2D eigenvalue weighted by atomic mass is 10.1. The molecule has 0 radical (unpaired) electrons. The predicted octanol–water partition coefficient (Wildman–Crippen LogP) is 1.04. The summed E-state index contributed by atoms with van der Waals surface area (Å²) < 4.78 is 5.02. The van der Waals surface area contributed by atoms with Gasteiger partial charge in [0.2, 0.25) is 6.10 Å². The number of methoxy groups -OCH3 is 1. The molecule has 0 aromatic heterocycles. The zero-order valence-electron chi connectivity index (χ0n) is 11.5. The van der Waals surface area contributed by atoms with Crippen LogP contribution in [0.15, 0.2) is 29.4 Å². The van der Waals surface area contributed by atoms with Crippen molar-refractivity contribution in [3.8, 4) is 0 Å². The van der Waals surface area contributed by atoms with E-state index in [0.29, 0.717) is 18.7 Å². The van der Waals surface area contributed by atoms with Gasteiger partial charge in [0.15, 0.2) is 5.71 Å². The van der Waals surface area contributed by atoms with E-state index >= 15 is 0 Å². The lowest BCUT2D eigenvalue weighted by molar-refractivity contribution is -0.129. The summed E-state index contributed by atoms with van der Waals surface area (Å²) in [5, 5.41) is 14.9. The molecule has 0 bridgehead atoms. The van der Waals surface area contributed by atoms with Crippen molar-refractivity contribution >= 4 is 23.3 Å². The first-order chi connectivity index (χ1) is 10.1. The van der Waals surface area contributed by atoms with Crippen LogP contribution in [0.1, 0.15) is 12.0 Å². The summed E-state index contributed by atoms with van der Waals surface area (Å²) in [4.78, 5) is 27.7. The second kappa shape index (κ2) is 6.85. The van der Waals surface area contributed by atoms with Crippen molar-refractivity contribution in [3.05, 3.63) is 29.8 Å². The average molecular weight is 292 g/mol. The molecule has 1 aliphatic rings. The number of carbonyl (C=O) groups excluding carboxylic acids is 1. The van der Waals surface area contributed by atoms with Gasteiger partial charge in [0, 0.05) is 19.2 Å². The number of para-hydroxylation sites is 1. The number of hydrogen-bond donors (Lipinski definition) is 2. The molecular weight excluding hydrogens is 276 g/mol. The average Bonchev–Trinajstić information content (AvgIpc) is 2.96. The second-order valence-electron chi connectivity index (χ2n) is 4.53. The number of carbonyl (C=O) groups is 2. The maximum absolute atomic E-state index is 12.1. The van der Waals surface area contributed by atoms with E-state index in [2.05, 4.69) is 10.5 Å². The van der Waals surface area contributed by atoms with Crippen molar-refractivity contribution in [2.24, 2.45) is 5.16 Å². The minimum Gasteiger partial charge on any atom is -0.477 e. The third-order valence-corrected chi connectivity index (χ3v) is 3.06. The van der Waals surface area contributed by atoms with E-state index in [9.17, 15) is 9.59 Å². The summed E-state index contributed by atoms with van der Waals surface area (Å²) in [6.07, 6.45) is -0.289. The van der Waals surface area contributed by atoms with Crippen LogP contribution >= 0.6 is 0 Å². The molecule has 1 amide bonds. The number of nitrogens with one attached hydrogen (secondary N) is 1. The number of nitrogens with zero attached hydrogens (tertiary/aromatic N) is 1. The van der Waals surface area contributed by atoms with Gasteiger partial charge in [-0.2, -0.15) is 0 Å². The maximum atomic E-state index is 12.1. The van der Waals surface area contributed by atoms with Gasteiger partial charge in [-0.1, -0.05) is 23.4 Å². The van der Waals surface area contributed by atoms with Crippen LogP contribution < -0.4 is 5.32 Å². The van der Waals surface area contributed by atoms with E-state index in [0.717, 1.165) is 5.56 Å². The van der Waals surface area contributed by atoms with E-state index in [-0.39, 0.29) is 12.1 Å². The molecule has 1 aromatic rings. The third-order valence-electron chi connectivity index (χ3n) is 3.06. The zero-order chi connectivity index (χ0) is 15.2. The summed E-state index contributed by atoms with van der Waals surface area (Å²) in [5.41, 5.74) is 1.44. The Labute approximate surface area is 121 Å². The molecule has 7 nitrogen and oxygen atoms in total. The molecule has 1 heterocycles. The molecule has 7 heteroatoms. The molecule has 21 heavy (non-hydrogen) atoms. The lowest BCUT2D eigenvalue weighted by Crippen LogP contribution is -2.29. The van der Waals surface area contributed by atoms with Gasteiger partial charge < -0.3 is 20.0 Å². The second-order valence-corrected chi connectivity index (χ2v) is 4.53. The normalized spacial score (nSPS) is 17.0. The van der Waals surface area contributed by atoms with E-state index in [4.69, 9.17) is 14.7 Å². The van der Waals surface area contributed by atoms with Gasteiger partial charge in [0.05, 0.1) is 6.61 Å². The predicted molar refractivity (Wildman–Crippen MR) is 75.2 cm³/mol. The molecular formula is C14H16N2O5. The lowest BCUT2D eigenvalue weighted by Gasteiger charge is -2.13. The van der Waals surface area contributed by atoms with Gasteiger partial charge in [0.1, 0.15) is 0 Å².